The summed E-state index contributed by atoms with van der Waals surface area (Å²) >= 11 is 0. The van der Waals surface area contributed by atoms with Gasteiger partial charge in [0.05, 0.1) is 5.56 Å². The number of benzene rings is 1. The van der Waals surface area contributed by atoms with Gasteiger partial charge >= 0.3 is 0 Å². The molecule has 1 saturated carbocycles. The molecule has 2 amide bonds. The van der Waals surface area contributed by atoms with Crippen molar-refractivity contribution >= 4 is 29.1 Å². The molecule has 3 fully saturated rings. The standard InChI is InChI=1S/C31H41N5O3/c1-5-26(17(2)3)35-27-15-24(18(4)12-25(27)30(32)38)31(39)34-21-13-22-9-10-23(14-21)36(22)28-11-8-20(16-33-28)29(37)19-6-7-19/h8,11-12,15-17,19,21-23,26,35H,5-7,9-10,13-14H2,1-4H3,(H2,32,38)(H,34,39). The molecule has 3 aliphatic rings. The zero-order chi connectivity index (χ0) is 27.8. The Hall–Kier alpha value is -3.42. The third-order valence-corrected chi connectivity index (χ3v) is 8.77. The minimum absolute atomic E-state index is 0.0626. The first-order valence-electron chi connectivity index (χ1n) is 14.5. The molecule has 2 aliphatic heterocycles. The summed E-state index contributed by atoms with van der Waals surface area (Å²) in [4.78, 5) is 45.1. The second kappa shape index (κ2) is 11.0. The van der Waals surface area contributed by atoms with Gasteiger partial charge in [-0.1, -0.05) is 20.8 Å². The van der Waals surface area contributed by atoms with Gasteiger partial charge in [0, 0.05) is 53.1 Å². The highest BCUT2D eigenvalue weighted by Crippen LogP contribution is 2.39. The maximum atomic E-state index is 13.5. The highest BCUT2D eigenvalue weighted by atomic mass is 16.2. The molecule has 8 nitrogen and oxygen atoms in total. The minimum Gasteiger partial charge on any atom is -0.381 e. The molecule has 2 bridgehead atoms. The molecule has 1 aromatic carbocycles. The summed E-state index contributed by atoms with van der Waals surface area (Å²) < 4.78 is 0. The average Bonchev–Trinajstić information content (AvgIpc) is 3.72. The van der Waals surface area contributed by atoms with Crippen molar-refractivity contribution in [2.24, 2.45) is 17.6 Å². The number of pyridine rings is 1. The van der Waals surface area contributed by atoms with E-state index in [4.69, 9.17) is 5.73 Å². The SMILES string of the molecule is CCC(Nc1cc(C(=O)NC2CC3CCC(C2)N3c2ccc(C(=O)C3CC3)cn2)c(C)cc1C(N)=O)C(C)C. The molecule has 1 aliphatic carbocycles. The average molecular weight is 532 g/mol. The molecule has 208 valence electrons. The van der Waals surface area contributed by atoms with Crippen molar-refractivity contribution in [1.82, 2.24) is 10.3 Å². The van der Waals surface area contributed by atoms with Crippen LogP contribution in [0.5, 0.6) is 0 Å². The number of hydrogen-bond donors (Lipinski definition) is 3. The first-order chi connectivity index (χ1) is 18.7. The van der Waals surface area contributed by atoms with Gasteiger partial charge in [0.1, 0.15) is 5.82 Å². The number of anilines is 2. The Bertz CT molecular complexity index is 1240. The highest BCUT2D eigenvalue weighted by molar-refractivity contribution is 6.03. The van der Waals surface area contributed by atoms with Crippen LogP contribution in [0.1, 0.15) is 102 Å². The van der Waals surface area contributed by atoms with E-state index < -0.39 is 5.91 Å². The van der Waals surface area contributed by atoms with Crippen LogP contribution in [0, 0.1) is 18.8 Å². The van der Waals surface area contributed by atoms with E-state index in [1.165, 1.54) is 0 Å². The van der Waals surface area contributed by atoms with E-state index in [0.29, 0.717) is 40.4 Å². The van der Waals surface area contributed by atoms with Crippen LogP contribution in [0.15, 0.2) is 30.5 Å². The molecule has 0 radical (unpaired) electrons. The third-order valence-electron chi connectivity index (χ3n) is 8.77. The van der Waals surface area contributed by atoms with Gasteiger partial charge in [-0.25, -0.2) is 4.98 Å². The summed E-state index contributed by atoms with van der Waals surface area (Å²) in [5.41, 5.74) is 8.71. The van der Waals surface area contributed by atoms with Crippen molar-refractivity contribution < 1.29 is 14.4 Å². The van der Waals surface area contributed by atoms with Gasteiger partial charge in [0.25, 0.3) is 11.8 Å². The summed E-state index contributed by atoms with van der Waals surface area (Å²) in [5.74, 6) is 1.06. The first-order valence-corrected chi connectivity index (χ1v) is 14.5. The maximum absolute atomic E-state index is 13.5. The number of aromatic nitrogens is 1. The van der Waals surface area contributed by atoms with Gasteiger partial charge in [0.15, 0.2) is 5.78 Å². The number of ketones is 1. The van der Waals surface area contributed by atoms with Gasteiger partial charge in [-0.3, -0.25) is 14.4 Å². The number of nitrogens with zero attached hydrogens (tertiary/aromatic N) is 2. The predicted molar refractivity (Wildman–Crippen MR) is 153 cm³/mol. The van der Waals surface area contributed by atoms with E-state index in [1.807, 2.05) is 19.1 Å². The Morgan fingerprint density at radius 2 is 1.74 bits per heavy atom. The quantitative estimate of drug-likeness (QED) is 0.377. The number of rotatable bonds is 10. The van der Waals surface area contributed by atoms with Crippen molar-refractivity contribution in [3.05, 3.63) is 52.7 Å². The molecular formula is C31H41N5O3. The summed E-state index contributed by atoms with van der Waals surface area (Å²) in [5, 5.41) is 6.74. The smallest absolute Gasteiger partial charge is 0.251 e. The fourth-order valence-corrected chi connectivity index (χ4v) is 6.41. The zero-order valence-corrected chi connectivity index (χ0v) is 23.5. The fraction of sp³-hybridized carbons (Fsp3) is 0.548. The van der Waals surface area contributed by atoms with Crippen LogP contribution in [0.4, 0.5) is 11.5 Å². The Kier molecular flexibility index (Phi) is 7.65. The Morgan fingerprint density at radius 1 is 1.05 bits per heavy atom. The number of primary amides is 1. The first kappa shape index (κ1) is 27.2. The van der Waals surface area contributed by atoms with Gasteiger partial charge in [-0.15, -0.1) is 0 Å². The monoisotopic (exact) mass is 531 g/mol. The normalized spacial score (nSPS) is 23.0. The van der Waals surface area contributed by atoms with Crippen LogP contribution < -0.4 is 21.3 Å². The highest BCUT2D eigenvalue weighted by Gasteiger charge is 2.42. The molecule has 3 unspecified atom stereocenters. The Balaban J connectivity index is 1.28. The van der Waals surface area contributed by atoms with E-state index in [1.54, 1.807) is 18.3 Å². The number of piperidine rings is 1. The molecular weight excluding hydrogens is 490 g/mol. The molecule has 2 saturated heterocycles. The number of carbonyl (C=O) groups is 3. The molecule has 2 aromatic rings. The molecule has 4 N–H and O–H groups in total. The van der Waals surface area contributed by atoms with Gasteiger partial charge < -0.3 is 21.3 Å². The molecule has 1 aromatic heterocycles. The molecule has 0 spiro atoms. The number of fused-ring (bicyclic) bond motifs is 2. The summed E-state index contributed by atoms with van der Waals surface area (Å²) in [6, 6.07) is 8.25. The summed E-state index contributed by atoms with van der Waals surface area (Å²) in [7, 11) is 0. The number of nitrogens with one attached hydrogen (secondary N) is 2. The van der Waals surface area contributed by atoms with Crippen LogP contribution in [0.3, 0.4) is 0 Å². The number of aryl methyl sites for hydroxylation is 1. The molecule has 8 heteroatoms. The predicted octanol–water partition coefficient (Wildman–Crippen LogP) is 4.86. The van der Waals surface area contributed by atoms with E-state index in [9.17, 15) is 14.4 Å². The lowest BCUT2D eigenvalue weighted by atomic mass is 9.95. The lowest BCUT2D eigenvalue weighted by Crippen LogP contribution is -2.50. The molecule has 3 atom stereocenters. The van der Waals surface area contributed by atoms with Crippen LogP contribution in [0.2, 0.25) is 0 Å². The second-order valence-electron chi connectivity index (χ2n) is 12.0. The van der Waals surface area contributed by atoms with Crippen LogP contribution in [-0.2, 0) is 0 Å². The molecule has 3 heterocycles. The Morgan fingerprint density at radius 3 is 2.28 bits per heavy atom. The van der Waals surface area contributed by atoms with Crippen molar-refractivity contribution in [2.75, 3.05) is 10.2 Å². The van der Waals surface area contributed by atoms with Crippen LogP contribution in [-0.4, -0.2) is 46.7 Å². The number of carbonyl (C=O) groups excluding carboxylic acids is 3. The number of hydrogen-bond acceptors (Lipinski definition) is 6. The largest absolute Gasteiger partial charge is 0.381 e. The summed E-state index contributed by atoms with van der Waals surface area (Å²) in [6.07, 6.45) is 8.44. The van der Waals surface area contributed by atoms with Crippen LogP contribution in [0.25, 0.3) is 0 Å². The molecule has 39 heavy (non-hydrogen) atoms. The van der Waals surface area contributed by atoms with Crippen LogP contribution >= 0.6 is 0 Å². The van der Waals surface area contributed by atoms with E-state index >= 15 is 0 Å². The van der Waals surface area contributed by atoms with E-state index in [-0.39, 0.29) is 29.7 Å². The summed E-state index contributed by atoms with van der Waals surface area (Å²) in [6.45, 7) is 8.21. The number of Topliss-reactive ketones (excluding diaryl/α,β-unsaturated/α-hetero) is 1. The third kappa shape index (κ3) is 5.65. The lowest BCUT2D eigenvalue weighted by molar-refractivity contribution is 0.0923. The van der Waals surface area contributed by atoms with Crippen molar-refractivity contribution in [1.29, 1.82) is 0 Å². The van der Waals surface area contributed by atoms with E-state index in [2.05, 4.69) is 41.3 Å². The maximum Gasteiger partial charge on any atom is 0.251 e. The van der Waals surface area contributed by atoms with Gasteiger partial charge in [-0.05, 0) is 87.6 Å². The lowest BCUT2D eigenvalue weighted by Gasteiger charge is -2.40. The van der Waals surface area contributed by atoms with Crippen molar-refractivity contribution in [3.63, 3.8) is 0 Å². The van der Waals surface area contributed by atoms with Crippen molar-refractivity contribution in [2.45, 2.75) is 96.8 Å². The number of nitrogens with two attached hydrogens (primary N) is 1. The second-order valence-corrected chi connectivity index (χ2v) is 12.0. The Labute approximate surface area is 231 Å². The minimum atomic E-state index is -0.506. The van der Waals surface area contributed by atoms with Gasteiger partial charge in [-0.2, -0.15) is 0 Å². The van der Waals surface area contributed by atoms with E-state index in [0.717, 1.165) is 56.3 Å². The topological polar surface area (TPSA) is 117 Å². The zero-order valence-electron chi connectivity index (χ0n) is 23.5. The van der Waals surface area contributed by atoms with Crippen molar-refractivity contribution in [3.8, 4) is 0 Å². The number of amides is 2. The van der Waals surface area contributed by atoms with Gasteiger partial charge in [0.2, 0.25) is 0 Å². The fourth-order valence-electron chi connectivity index (χ4n) is 6.41. The molecule has 5 rings (SSSR count).